The molecule has 3 heterocycles. The van der Waals surface area contributed by atoms with E-state index >= 15 is 0 Å². The number of anilines is 1. The van der Waals surface area contributed by atoms with E-state index in [0.29, 0.717) is 56.3 Å². The Hall–Kier alpha value is -3.83. The molecule has 1 fully saturated rings. The Bertz CT molecular complexity index is 1400. The molecule has 3 atom stereocenters. The lowest BCUT2D eigenvalue weighted by Crippen LogP contribution is -2.46. The molecule has 1 N–H and O–H groups in total. The van der Waals surface area contributed by atoms with E-state index in [4.69, 9.17) is 14.2 Å². The average Bonchev–Trinajstić information content (AvgIpc) is 3.74. The smallest absolute Gasteiger partial charge is 0.308 e. The van der Waals surface area contributed by atoms with Crippen LogP contribution in [0.3, 0.4) is 0 Å². The number of aliphatic carboxylic acids is 1. The van der Waals surface area contributed by atoms with E-state index in [2.05, 4.69) is 11.8 Å². The number of carbonyl (C=O) groups is 3. The Morgan fingerprint density at radius 2 is 1.83 bits per heavy atom. The number of amides is 2. The number of benzene rings is 2. The second-order valence-electron chi connectivity index (χ2n) is 12.8. The van der Waals surface area contributed by atoms with Crippen LogP contribution in [0.25, 0.3) is 0 Å². The quantitative estimate of drug-likeness (QED) is 0.275. The summed E-state index contributed by atoms with van der Waals surface area (Å²) in [6.45, 7) is 5.37. The van der Waals surface area contributed by atoms with Crippen LogP contribution in [-0.2, 0) is 20.8 Å². The molecule has 0 spiro atoms. The molecular weight excluding hydrogens is 588 g/mol. The van der Waals surface area contributed by atoms with Gasteiger partial charge in [-0.25, -0.2) is 0 Å². The number of carbonyl (C=O) groups excluding carboxylic acids is 2. The number of fused-ring (bicyclic) bond motifs is 2. The summed E-state index contributed by atoms with van der Waals surface area (Å²) in [6, 6.07) is 10.9. The number of rotatable bonds is 16. The molecule has 3 unspecified atom stereocenters. The summed E-state index contributed by atoms with van der Waals surface area (Å²) >= 11 is 0. The topological polar surface area (TPSA) is 112 Å². The standard InChI is InChI=1S/C35H48N4O7/c1-5-6-15-37(16-10-9-14-36(2)3)32(41)22-38-21-26(25-18-29(44-4)34-30(19-25)45-23-46-34)33(35(42)43)28(38)13-17-39-27-12-8-7-11-24(27)20-31(39)40/h7-8,11-12,18-19,26,28,33H,5-6,9-10,13-17,20-23H2,1-4H3,(H,42,43). The highest BCUT2D eigenvalue weighted by molar-refractivity contribution is 6.01. The summed E-state index contributed by atoms with van der Waals surface area (Å²) in [5.41, 5.74) is 2.62. The van der Waals surface area contributed by atoms with Gasteiger partial charge in [-0.15, -0.1) is 0 Å². The van der Waals surface area contributed by atoms with E-state index in [1.807, 2.05) is 60.3 Å². The van der Waals surface area contributed by atoms with Gasteiger partial charge >= 0.3 is 5.97 Å². The van der Waals surface area contributed by atoms with Crippen molar-refractivity contribution in [2.24, 2.45) is 5.92 Å². The summed E-state index contributed by atoms with van der Waals surface area (Å²) in [6.07, 6.45) is 4.55. The first-order valence-corrected chi connectivity index (χ1v) is 16.5. The fourth-order valence-electron chi connectivity index (χ4n) is 7.09. The summed E-state index contributed by atoms with van der Waals surface area (Å²) in [5, 5.41) is 10.7. The maximum atomic E-state index is 13.9. The van der Waals surface area contributed by atoms with E-state index in [0.717, 1.165) is 49.0 Å². The monoisotopic (exact) mass is 636 g/mol. The van der Waals surface area contributed by atoms with Crippen LogP contribution in [0.15, 0.2) is 36.4 Å². The molecule has 5 rings (SSSR count). The molecule has 250 valence electrons. The van der Waals surface area contributed by atoms with Crippen LogP contribution < -0.4 is 19.1 Å². The van der Waals surface area contributed by atoms with E-state index in [1.165, 1.54) is 0 Å². The van der Waals surface area contributed by atoms with Gasteiger partial charge in [0.15, 0.2) is 11.5 Å². The predicted molar refractivity (Wildman–Crippen MR) is 175 cm³/mol. The number of hydrogen-bond acceptors (Lipinski definition) is 8. The molecule has 46 heavy (non-hydrogen) atoms. The Kier molecular flexibility index (Phi) is 11.1. The first-order valence-electron chi connectivity index (χ1n) is 16.5. The number of ether oxygens (including phenoxy) is 3. The molecule has 11 heteroatoms. The second kappa shape index (κ2) is 15.2. The van der Waals surface area contributed by atoms with Crippen molar-refractivity contribution in [2.45, 2.75) is 57.4 Å². The van der Waals surface area contributed by atoms with Crippen LogP contribution in [0.4, 0.5) is 5.69 Å². The zero-order valence-corrected chi connectivity index (χ0v) is 27.6. The third-order valence-corrected chi connectivity index (χ3v) is 9.47. The fraction of sp³-hybridized carbons (Fsp3) is 0.571. The summed E-state index contributed by atoms with van der Waals surface area (Å²) in [4.78, 5) is 47.9. The number of carboxylic acid groups (broad SMARTS) is 1. The van der Waals surface area contributed by atoms with Crippen molar-refractivity contribution < 1.29 is 33.7 Å². The first-order chi connectivity index (χ1) is 22.2. The zero-order chi connectivity index (χ0) is 32.8. The molecule has 2 aromatic rings. The van der Waals surface area contributed by atoms with Crippen LogP contribution in [0.2, 0.25) is 0 Å². The molecule has 0 bridgehead atoms. The highest BCUT2D eigenvalue weighted by Crippen LogP contribution is 2.47. The summed E-state index contributed by atoms with van der Waals surface area (Å²) < 4.78 is 16.9. The van der Waals surface area contributed by atoms with Crippen molar-refractivity contribution in [3.8, 4) is 17.2 Å². The van der Waals surface area contributed by atoms with Gasteiger partial charge in [0.25, 0.3) is 0 Å². The van der Waals surface area contributed by atoms with Crippen LogP contribution in [0, 0.1) is 5.92 Å². The first kappa shape index (κ1) is 33.5. The van der Waals surface area contributed by atoms with Crippen molar-refractivity contribution in [1.82, 2.24) is 14.7 Å². The minimum absolute atomic E-state index is 0.00854. The molecule has 0 saturated carbocycles. The van der Waals surface area contributed by atoms with Gasteiger partial charge in [-0.2, -0.15) is 0 Å². The Balaban J connectivity index is 1.41. The SMILES string of the molecule is CCCCN(CCCCN(C)C)C(=O)CN1CC(c2cc(OC)c3c(c2)OCO3)C(C(=O)O)C1CCN1C(=O)Cc2ccccc21. The Labute approximate surface area is 272 Å². The van der Waals surface area contributed by atoms with Gasteiger partial charge in [-0.05, 0) is 75.6 Å². The van der Waals surface area contributed by atoms with Crippen molar-refractivity contribution in [3.63, 3.8) is 0 Å². The molecule has 11 nitrogen and oxygen atoms in total. The maximum Gasteiger partial charge on any atom is 0.308 e. The van der Waals surface area contributed by atoms with Crippen molar-refractivity contribution >= 4 is 23.5 Å². The fourth-order valence-corrected chi connectivity index (χ4v) is 7.09. The van der Waals surface area contributed by atoms with Crippen molar-refractivity contribution in [1.29, 1.82) is 0 Å². The summed E-state index contributed by atoms with van der Waals surface area (Å²) in [7, 11) is 5.65. The Morgan fingerprint density at radius 1 is 1.07 bits per heavy atom. The minimum Gasteiger partial charge on any atom is -0.493 e. The van der Waals surface area contributed by atoms with Gasteiger partial charge in [0.2, 0.25) is 24.4 Å². The number of unbranched alkanes of at least 4 members (excludes halogenated alkanes) is 2. The molecule has 1 saturated heterocycles. The van der Waals surface area contributed by atoms with Crippen LogP contribution in [0.5, 0.6) is 17.2 Å². The Morgan fingerprint density at radius 3 is 2.57 bits per heavy atom. The maximum absolute atomic E-state index is 13.9. The van der Waals surface area contributed by atoms with Gasteiger partial charge in [0.05, 0.1) is 26.0 Å². The lowest BCUT2D eigenvalue weighted by molar-refractivity contribution is -0.143. The lowest BCUT2D eigenvalue weighted by Gasteiger charge is -2.31. The third-order valence-electron chi connectivity index (χ3n) is 9.47. The molecule has 3 aliphatic rings. The van der Waals surface area contributed by atoms with Crippen LogP contribution in [-0.4, -0.2) is 111 Å². The largest absolute Gasteiger partial charge is 0.493 e. The van der Waals surface area contributed by atoms with E-state index in [9.17, 15) is 19.5 Å². The van der Waals surface area contributed by atoms with Crippen molar-refractivity contribution in [3.05, 3.63) is 47.5 Å². The number of hydrogen-bond donors (Lipinski definition) is 1. The zero-order valence-electron chi connectivity index (χ0n) is 27.6. The second-order valence-corrected chi connectivity index (χ2v) is 12.8. The molecule has 0 aliphatic carbocycles. The average molecular weight is 637 g/mol. The van der Waals surface area contributed by atoms with E-state index < -0.39 is 23.8 Å². The molecular formula is C35H48N4O7. The summed E-state index contributed by atoms with van der Waals surface area (Å²) in [5.74, 6) is -0.629. The number of likely N-dealkylation sites (tertiary alicyclic amines) is 1. The van der Waals surface area contributed by atoms with Gasteiger partial charge in [0.1, 0.15) is 0 Å². The van der Waals surface area contributed by atoms with Gasteiger partial charge in [-0.3, -0.25) is 19.3 Å². The third kappa shape index (κ3) is 7.41. The van der Waals surface area contributed by atoms with Gasteiger partial charge < -0.3 is 34.0 Å². The number of carboxylic acids is 1. The number of methoxy groups -OCH3 is 1. The van der Waals surface area contributed by atoms with Gasteiger partial charge in [-0.1, -0.05) is 31.5 Å². The number of para-hydroxylation sites is 1. The van der Waals surface area contributed by atoms with Crippen LogP contribution >= 0.6 is 0 Å². The number of nitrogens with zero attached hydrogens (tertiary/aromatic N) is 4. The minimum atomic E-state index is -0.929. The highest BCUT2D eigenvalue weighted by Gasteiger charge is 2.48. The predicted octanol–water partition coefficient (Wildman–Crippen LogP) is 3.84. The highest BCUT2D eigenvalue weighted by atomic mass is 16.7. The van der Waals surface area contributed by atoms with Crippen molar-refractivity contribution in [2.75, 3.05) is 72.2 Å². The molecule has 2 aromatic carbocycles. The van der Waals surface area contributed by atoms with Crippen LogP contribution in [0.1, 0.15) is 56.1 Å². The van der Waals surface area contributed by atoms with Gasteiger partial charge in [0, 0.05) is 43.8 Å². The van der Waals surface area contributed by atoms with E-state index in [1.54, 1.807) is 12.0 Å². The lowest BCUT2D eigenvalue weighted by atomic mass is 9.84. The molecule has 2 amide bonds. The molecule has 3 aliphatic heterocycles. The normalized spacial score (nSPS) is 20.4. The van der Waals surface area contributed by atoms with E-state index in [-0.39, 0.29) is 25.2 Å². The molecule has 0 radical (unpaired) electrons. The molecule has 0 aromatic heterocycles.